The molecule has 2 nitrogen and oxygen atoms in total. The molecule has 0 atom stereocenters. The van der Waals surface area contributed by atoms with Gasteiger partial charge >= 0.3 is 5.97 Å². The summed E-state index contributed by atoms with van der Waals surface area (Å²) in [6, 6.07) is 8.30. The molecule has 1 aromatic carbocycles. The molecule has 1 N–H and O–H groups in total. The molecule has 1 rings (SSSR count). The van der Waals surface area contributed by atoms with Crippen molar-refractivity contribution in [2.75, 3.05) is 0 Å². The van der Waals surface area contributed by atoms with Crippen LogP contribution in [0.4, 0.5) is 0 Å². The molecule has 0 aliphatic carbocycles. The van der Waals surface area contributed by atoms with Crippen LogP contribution in [-0.2, 0) is 0 Å². The van der Waals surface area contributed by atoms with Crippen LogP contribution < -0.4 is 0 Å². The van der Waals surface area contributed by atoms with E-state index in [1.54, 1.807) is 30.3 Å². The summed E-state index contributed by atoms with van der Waals surface area (Å²) < 4.78 is 0. The average Bonchev–Trinajstić information content (AvgIpc) is 1.90. The van der Waals surface area contributed by atoms with Crippen LogP contribution in [0.1, 0.15) is 10.4 Å². The highest BCUT2D eigenvalue weighted by molar-refractivity contribution is 5.87. The Balaban J connectivity index is 2.98. The molecule has 9 heavy (non-hydrogen) atoms. The lowest BCUT2D eigenvalue weighted by molar-refractivity contribution is 0.0697. The lowest BCUT2D eigenvalue weighted by Gasteiger charge is -1.88. The zero-order chi connectivity index (χ0) is 6.69. The Kier molecular flexibility index (Phi) is 1.49. The summed E-state index contributed by atoms with van der Waals surface area (Å²) in [6.45, 7) is 0. The Labute approximate surface area is 52.8 Å². The largest absolute Gasteiger partial charge is 0.478 e. The topological polar surface area (TPSA) is 37.3 Å². The number of benzene rings is 1. The van der Waals surface area contributed by atoms with E-state index in [-0.39, 0.29) is 0 Å². The smallest absolute Gasteiger partial charge is 0.335 e. The summed E-state index contributed by atoms with van der Waals surface area (Å²) in [6.07, 6.45) is 0. The highest BCUT2D eigenvalue weighted by Crippen LogP contribution is 1.96. The van der Waals surface area contributed by atoms with Crippen LogP contribution in [0.25, 0.3) is 0 Å². The first-order chi connectivity index (χ1) is 4.30. The summed E-state index contributed by atoms with van der Waals surface area (Å²) in [7, 11) is 0. The summed E-state index contributed by atoms with van der Waals surface area (Å²) >= 11 is 0. The van der Waals surface area contributed by atoms with Crippen LogP contribution in [0.2, 0.25) is 0 Å². The van der Waals surface area contributed by atoms with Crippen LogP contribution in [0.3, 0.4) is 0 Å². The Bertz CT molecular complexity index is 203. The molecule has 0 amide bonds. The van der Waals surface area contributed by atoms with Gasteiger partial charge in [-0.15, -0.1) is 0 Å². The van der Waals surface area contributed by atoms with E-state index < -0.39 is 5.97 Å². The van der Waals surface area contributed by atoms with Gasteiger partial charge in [0, 0.05) is 0 Å². The zero-order valence-electron chi connectivity index (χ0n) is 4.74. The van der Waals surface area contributed by atoms with E-state index in [0.717, 1.165) is 0 Å². The maximum Gasteiger partial charge on any atom is 0.335 e. The van der Waals surface area contributed by atoms with Gasteiger partial charge in [0.15, 0.2) is 0 Å². The second kappa shape index (κ2) is 2.31. The van der Waals surface area contributed by atoms with Crippen LogP contribution in [0.15, 0.2) is 30.3 Å². The van der Waals surface area contributed by atoms with Gasteiger partial charge < -0.3 is 5.11 Å². The lowest BCUT2D eigenvalue weighted by Crippen LogP contribution is -1.93. The third-order valence-electron chi connectivity index (χ3n) is 1.02. The van der Waals surface area contributed by atoms with Gasteiger partial charge in [-0.05, 0) is 12.1 Å². The molecular formula is C7H6O2. The number of carboxylic acids is 1. The first kappa shape index (κ1) is 5.82. The predicted octanol–water partition coefficient (Wildman–Crippen LogP) is 1.38. The summed E-state index contributed by atoms with van der Waals surface area (Å²) in [5.74, 6) is -0.879. The van der Waals surface area contributed by atoms with E-state index in [1.807, 2.05) is 0 Å². The molecular weight excluding hydrogens is 119 g/mol. The van der Waals surface area contributed by atoms with Gasteiger partial charge in [-0.25, -0.2) is 4.79 Å². The molecule has 0 aliphatic heterocycles. The van der Waals surface area contributed by atoms with E-state index in [2.05, 4.69) is 0 Å². The molecule has 46 valence electrons. The monoisotopic (exact) mass is 125 g/mol. The second-order valence-corrected chi connectivity index (χ2v) is 1.67. The van der Waals surface area contributed by atoms with Crippen molar-refractivity contribution in [3.8, 4) is 0 Å². The molecule has 0 heterocycles. The molecule has 2 heteroatoms. The van der Waals surface area contributed by atoms with E-state index >= 15 is 0 Å². The van der Waals surface area contributed by atoms with Gasteiger partial charge in [-0.3, -0.25) is 0 Å². The molecule has 0 aliphatic rings. The molecule has 0 aromatic heterocycles. The number of hydrogen-bond donors (Lipinski definition) is 1. The van der Waals surface area contributed by atoms with E-state index in [4.69, 9.17) is 5.11 Å². The minimum atomic E-state index is -0.879. The molecule has 0 saturated heterocycles. The first-order valence-electron chi connectivity index (χ1n) is 2.59. The maximum absolute atomic E-state index is 10.2. The summed E-state index contributed by atoms with van der Waals surface area (Å²) in [5, 5.41) is 8.38. The SMILES string of the molecule is O=C(O)[13c]1c[13cH]c[13cH]c1. The molecule has 0 saturated carbocycles. The second-order valence-electron chi connectivity index (χ2n) is 1.67. The van der Waals surface area contributed by atoms with Crippen molar-refractivity contribution < 1.29 is 9.90 Å². The van der Waals surface area contributed by atoms with Gasteiger partial charge in [-0.2, -0.15) is 0 Å². The van der Waals surface area contributed by atoms with Crippen LogP contribution in [-0.4, -0.2) is 11.1 Å². The van der Waals surface area contributed by atoms with Gasteiger partial charge in [0.1, 0.15) is 0 Å². The van der Waals surface area contributed by atoms with E-state index in [0.29, 0.717) is 5.56 Å². The fourth-order valence-electron chi connectivity index (χ4n) is 0.581. The zero-order valence-corrected chi connectivity index (χ0v) is 4.74. The maximum atomic E-state index is 10.2. The van der Waals surface area contributed by atoms with Crippen LogP contribution >= 0.6 is 0 Å². The van der Waals surface area contributed by atoms with Gasteiger partial charge in [0.05, 0.1) is 5.56 Å². The number of rotatable bonds is 1. The van der Waals surface area contributed by atoms with E-state index in [1.165, 1.54) is 0 Å². The fraction of sp³-hybridized carbons (Fsp3) is 0. The Morgan fingerprint density at radius 1 is 1.22 bits per heavy atom. The van der Waals surface area contributed by atoms with Crippen molar-refractivity contribution in [1.82, 2.24) is 0 Å². The van der Waals surface area contributed by atoms with Crippen LogP contribution in [0.5, 0.6) is 0 Å². The van der Waals surface area contributed by atoms with Crippen LogP contribution in [0, 0.1) is 0 Å². The standard InChI is InChI=1S/C7H6O2/c8-7(9)6-4-2-1-3-5-6/h1-5H,(H,8,9)/i2+1,3+1,6+1. The van der Waals surface area contributed by atoms with Gasteiger partial charge in [0.25, 0.3) is 0 Å². The number of aromatic carboxylic acids is 1. The minimum Gasteiger partial charge on any atom is -0.478 e. The molecule has 0 bridgehead atoms. The number of carbonyl (C=O) groups is 1. The van der Waals surface area contributed by atoms with Crippen molar-refractivity contribution in [3.05, 3.63) is 35.9 Å². The van der Waals surface area contributed by atoms with Crippen molar-refractivity contribution in [2.45, 2.75) is 0 Å². The highest BCUT2D eigenvalue weighted by Gasteiger charge is 1.96. The highest BCUT2D eigenvalue weighted by atomic mass is 16.4. The minimum absolute atomic E-state index is 0.331. The molecule has 0 spiro atoms. The Morgan fingerprint density at radius 2 is 1.78 bits per heavy atom. The Morgan fingerprint density at radius 3 is 2.11 bits per heavy atom. The summed E-state index contributed by atoms with van der Waals surface area (Å²) in [5.41, 5.74) is 0.331. The third-order valence-corrected chi connectivity index (χ3v) is 1.02. The predicted molar refractivity (Wildman–Crippen MR) is 33.4 cm³/mol. The first-order valence-corrected chi connectivity index (χ1v) is 2.59. The normalized spacial score (nSPS) is 8.89. The fourth-order valence-corrected chi connectivity index (χ4v) is 0.581. The van der Waals surface area contributed by atoms with Gasteiger partial charge in [-0.1, -0.05) is 18.2 Å². The number of carboxylic acid groups (broad SMARTS) is 1. The quantitative estimate of drug-likeness (QED) is 0.615. The average molecular weight is 125 g/mol. The number of hydrogen-bond acceptors (Lipinski definition) is 1. The molecule has 0 radical (unpaired) electrons. The lowest BCUT2D eigenvalue weighted by atomic mass is 10.6. The Hall–Kier alpha value is -1.31. The van der Waals surface area contributed by atoms with Crippen molar-refractivity contribution in [1.29, 1.82) is 0 Å². The molecule has 0 unspecified atom stereocenters. The van der Waals surface area contributed by atoms with Crippen molar-refractivity contribution >= 4 is 5.97 Å². The van der Waals surface area contributed by atoms with Crippen molar-refractivity contribution in [2.24, 2.45) is 0 Å². The van der Waals surface area contributed by atoms with Gasteiger partial charge in [0.2, 0.25) is 0 Å². The van der Waals surface area contributed by atoms with E-state index in [9.17, 15) is 4.79 Å². The third kappa shape index (κ3) is 1.29. The molecule has 0 fully saturated rings. The van der Waals surface area contributed by atoms with Crippen molar-refractivity contribution in [3.63, 3.8) is 0 Å². The molecule has 1 aromatic rings. The summed E-state index contributed by atoms with van der Waals surface area (Å²) in [4.78, 5) is 10.2.